The Morgan fingerprint density at radius 1 is 1.38 bits per heavy atom. The van der Waals surface area contributed by atoms with E-state index >= 15 is 0 Å². The number of hydrogen-bond donors (Lipinski definition) is 1. The van der Waals surface area contributed by atoms with Crippen molar-refractivity contribution in [2.45, 2.75) is 18.9 Å². The van der Waals surface area contributed by atoms with Crippen molar-refractivity contribution < 1.29 is 0 Å². The molecule has 1 aliphatic heterocycles. The Bertz CT molecular complexity index is 58.8. The van der Waals surface area contributed by atoms with Crippen LogP contribution in [-0.2, 0) is 12.8 Å². The molecule has 2 N–H and O–H groups in total. The quantitative estimate of drug-likeness (QED) is 0.464. The molecule has 0 radical (unpaired) electrons. The van der Waals surface area contributed by atoms with Gasteiger partial charge in [0.05, 0.1) is 0 Å². The SMILES string of the molecule is NC1CCN([S-])CC1. The van der Waals surface area contributed by atoms with Crippen molar-refractivity contribution in [3.8, 4) is 0 Å². The first kappa shape index (κ1) is 6.39. The molecular weight excluding hydrogens is 120 g/mol. The molecule has 0 aromatic carbocycles. The van der Waals surface area contributed by atoms with E-state index in [1.807, 2.05) is 4.31 Å². The molecule has 0 saturated carbocycles. The van der Waals surface area contributed by atoms with Gasteiger partial charge < -0.3 is 22.9 Å². The molecule has 0 bridgehead atoms. The summed E-state index contributed by atoms with van der Waals surface area (Å²) in [6.07, 6.45) is 2.15. The molecule has 1 saturated heterocycles. The van der Waals surface area contributed by atoms with Crippen LogP contribution in [0.4, 0.5) is 0 Å². The monoisotopic (exact) mass is 131 g/mol. The second-order valence-electron chi connectivity index (χ2n) is 2.27. The summed E-state index contributed by atoms with van der Waals surface area (Å²) in [6.45, 7) is 1.99. The fourth-order valence-electron chi connectivity index (χ4n) is 0.876. The van der Waals surface area contributed by atoms with Gasteiger partial charge in [-0.3, -0.25) is 0 Å². The van der Waals surface area contributed by atoms with E-state index < -0.39 is 0 Å². The van der Waals surface area contributed by atoms with Crippen molar-refractivity contribution in [2.75, 3.05) is 13.1 Å². The van der Waals surface area contributed by atoms with E-state index in [0.29, 0.717) is 6.04 Å². The molecule has 0 amide bonds. The molecule has 8 heavy (non-hydrogen) atoms. The van der Waals surface area contributed by atoms with Crippen molar-refractivity contribution in [3.05, 3.63) is 0 Å². The number of piperidine rings is 1. The number of nitrogens with zero attached hydrogens (tertiary/aromatic N) is 1. The maximum atomic E-state index is 5.62. The predicted octanol–water partition coefficient (Wildman–Crippen LogP) is -0.129. The maximum absolute atomic E-state index is 5.62. The summed E-state index contributed by atoms with van der Waals surface area (Å²) in [7, 11) is 0. The van der Waals surface area contributed by atoms with Crippen LogP contribution in [-0.4, -0.2) is 23.4 Å². The highest BCUT2D eigenvalue weighted by atomic mass is 32.1. The van der Waals surface area contributed by atoms with Gasteiger partial charge in [-0.1, -0.05) is 0 Å². The van der Waals surface area contributed by atoms with Gasteiger partial charge in [0.15, 0.2) is 0 Å². The Labute approximate surface area is 55.6 Å². The number of hydrogen-bond acceptors (Lipinski definition) is 3. The lowest BCUT2D eigenvalue weighted by Crippen LogP contribution is -2.36. The van der Waals surface area contributed by atoms with Gasteiger partial charge in [-0.05, 0) is 25.9 Å². The van der Waals surface area contributed by atoms with Crippen molar-refractivity contribution >= 4 is 12.8 Å². The molecule has 2 nitrogen and oxygen atoms in total. The molecule has 0 unspecified atom stereocenters. The zero-order chi connectivity index (χ0) is 5.98. The third kappa shape index (κ3) is 1.65. The smallest absolute Gasteiger partial charge is 0.00619 e. The highest BCUT2D eigenvalue weighted by Gasteiger charge is 2.07. The van der Waals surface area contributed by atoms with Crippen LogP contribution in [0.25, 0.3) is 0 Å². The number of rotatable bonds is 0. The van der Waals surface area contributed by atoms with Gasteiger partial charge in [0.25, 0.3) is 0 Å². The van der Waals surface area contributed by atoms with E-state index in [-0.39, 0.29) is 0 Å². The molecule has 0 aromatic rings. The highest BCUT2D eigenvalue weighted by molar-refractivity contribution is 7.55. The van der Waals surface area contributed by atoms with Gasteiger partial charge in [-0.2, -0.15) is 0 Å². The van der Waals surface area contributed by atoms with Crippen molar-refractivity contribution in [1.29, 1.82) is 0 Å². The lowest BCUT2D eigenvalue weighted by atomic mass is 10.1. The molecule has 0 aliphatic carbocycles. The van der Waals surface area contributed by atoms with Crippen LogP contribution in [0.3, 0.4) is 0 Å². The topological polar surface area (TPSA) is 29.3 Å². The standard InChI is InChI=1S/C5H11N2S/c6-5-1-3-7(8)4-2-5/h5H,1-4,6H2/q-1. The molecule has 3 heteroatoms. The average Bonchev–Trinajstić information content (AvgIpc) is 1.77. The highest BCUT2D eigenvalue weighted by Crippen LogP contribution is 2.04. The normalized spacial score (nSPS) is 26.2. The van der Waals surface area contributed by atoms with E-state index in [9.17, 15) is 0 Å². The predicted molar refractivity (Wildman–Crippen MR) is 36.1 cm³/mol. The van der Waals surface area contributed by atoms with Crippen molar-refractivity contribution in [3.63, 3.8) is 0 Å². The third-order valence-electron chi connectivity index (χ3n) is 1.50. The summed E-state index contributed by atoms with van der Waals surface area (Å²) < 4.78 is 1.91. The third-order valence-corrected chi connectivity index (χ3v) is 1.86. The van der Waals surface area contributed by atoms with E-state index in [1.165, 1.54) is 0 Å². The van der Waals surface area contributed by atoms with Crippen molar-refractivity contribution in [1.82, 2.24) is 4.31 Å². The fourth-order valence-corrected chi connectivity index (χ4v) is 1.09. The van der Waals surface area contributed by atoms with Gasteiger partial charge in [-0.15, -0.1) is 0 Å². The fraction of sp³-hybridized carbons (Fsp3) is 1.00. The van der Waals surface area contributed by atoms with E-state index in [1.54, 1.807) is 0 Å². The average molecular weight is 131 g/mol. The first-order valence-electron chi connectivity index (χ1n) is 2.96. The Morgan fingerprint density at radius 2 is 1.88 bits per heavy atom. The Balaban J connectivity index is 2.19. The Kier molecular flexibility index (Phi) is 2.16. The van der Waals surface area contributed by atoms with E-state index in [4.69, 9.17) is 18.5 Å². The minimum atomic E-state index is 0.411. The minimum absolute atomic E-state index is 0.411. The largest absolute Gasteiger partial charge is 0.702 e. The molecule has 1 rings (SSSR count). The van der Waals surface area contributed by atoms with Gasteiger partial charge in [0.2, 0.25) is 0 Å². The van der Waals surface area contributed by atoms with Gasteiger partial charge in [0.1, 0.15) is 0 Å². The summed E-state index contributed by atoms with van der Waals surface area (Å²) in [4.78, 5) is 0. The summed E-state index contributed by atoms with van der Waals surface area (Å²) in [5.74, 6) is 0. The Morgan fingerprint density at radius 3 is 2.25 bits per heavy atom. The number of nitrogens with two attached hydrogens (primary N) is 1. The zero-order valence-corrected chi connectivity index (χ0v) is 5.66. The molecule has 0 atom stereocenters. The van der Waals surface area contributed by atoms with Crippen LogP contribution in [0.5, 0.6) is 0 Å². The summed E-state index contributed by atoms with van der Waals surface area (Å²) in [5, 5.41) is 0. The molecule has 1 fully saturated rings. The van der Waals surface area contributed by atoms with Crippen LogP contribution in [0.1, 0.15) is 12.8 Å². The zero-order valence-electron chi connectivity index (χ0n) is 4.84. The van der Waals surface area contributed by atoms with Gasteiger partial charge in [0, 0.05) is 6.04 Å². The van der Waals surface area contributed by atoms with E-state index in [2.05, 4.69) is 0 Å². The molecule has 0 spiro atoms. The lowest BCUT2D eigenvalue weighted by Gasteiger charge is -2.35. The summed E-state index contributed by atoms with van der Waals surface area (Å²) >= 11 is 4.92. The summed E-state index contributed by atoms with van der Waals surface area (Å²) in [6, 6.07) is 0.411. The molecular formula is C5H11N2S-. The van der Waals surface area contributed by atoms with Crippen molar-refractivity contribution in [2.24, 2.45) is 5.73 Å². The van der Waals surface area contributed by atoms with Crippen LogP contribution in [0.15, 0.2) is 0 Å². The first-order valence-corrected chi connectivity index (χ1v) is 3.33. The van der Waals surface area contributed by atoms with Crippen LogP contribution >= 0.6 is 0 Å². The van der Waals surface area contributed by atoms with Crippen LogP contribution < -0.4 is 5.73 Å². The molecule has 1 aliphatic rings. The molecule has 48 valence electrons. The first-order chi connectivity index (χ1) is 3.79. The van der Waals surface area contributed by atoms with Crippen LogP contribution in [0, 0.1) is 0 Å². The van der Waals surface area contributed by atoms with Gasteiger partial charge in [-0.25, -0.2) is 0 Å². The second-order valence-corrected chi connectivity index (χ2v) is 2.78. The van der Waals surface area contributed by atoms with Crippen LogP contribution in [0.2, 0.25) is 0 Å². The lowest BCUT2D eigenvalue weighted by molar-refractivity contribution is 0.348. The maximum Gasteiger partial charge on any atom is 0.00619 e. The second kappa shape index (κ2) is 2.71. The summed E-state index contributed by atoms with van der Waals surface area (Å²) in [5.41, 5.74) is 5.62. The molecule has 0 aromatic heterocycles. The minimum Gasteiger partial charge on any atom is -0.702 e. The Hall–Kier alpha value is 0.270. The van der Waals surface area contributed by atoms with E-state index in [0.717, 1.165) is 25.9 Å². The van der Waals surface area contributed by atoms with Gasteiger partial charge >= 0.3 is 0 Å². The molecule has 1 heterocycles.